The zero-order valence-electron chi connectivity index (χ0n) is 7.78. The quantitative estimate of drug-likeness (QED) is 0.756. The van der Waals surface area contributed by atoms with Crippen LogP contribution in [0.3, 0.4) is 0 Å². The first-order chi connectivity index (χ1) is 6.83. The molecule has 2 fully saturated rings. The number of piperazine rings is 1. The van der Waals surface area contributed by atoms with Crippen LogP contribution in [0.15, 0.2) is 18.3 Å². The van der Waals surface area contributed by atoms with Gasteiger partial charge in [0.25, 0.3) is 0 Å². The van der Waals surface area contributed by atoms with Crippen LogP contribution in [0.2, 0.25) is 5.02 Å². The van der Waals surface area contributed by atoms with Crippen molar-refractivity contribution in [3.63, 3.8) is 0 Å². The molecule has 3 heterocycles. The second kappa shape index (κ2) is 3.11. The molecule has 1 aromatic heterocycles. The fourth-order valence-corrected chi connectivity index (χ4v) is 2.49. The van der Waals surface area contributed by atoms with E-state index in [2.05, 4.69) is 15.2 Å². The summed E-state index contributed by atoms with van der Waals surface area (Å²) < 4.78 is 0. The van der Waals surface area contributed by atoms with Crippen LogP contribution in [0.5, 0.6) is 0 Å². The minimum absolute atomic E-state index is 0.633. The van der Waals surface area contributed by atoms with E-state index in [0.717, 1.165) is 18.9 Å². The lowest BCUT2D eigenvalue weighted by atomic mass is 10.2. The van der Waals surface area contributed by atoms with Gasteiger partial charge in [0.15, 0.2) is 0 Å². The SMILES string of the molecule is Clc1ccc(N2C[C@@H]3C[C@H]2CN3)nc1. The summed E-state index contributed by atoms with van der Waals surface area (Å²) in [6, 6.07) is 5.21. The van der Waals surface area contributed by atoms with Crippen molar-refractivity contribution in [1.29, 1.82) is 0 Å². The number of aromatic nitrogens is 1. The standard InChI is InChI=1S/C10H12ClN3/c11-7-1-2-10(13-4-7)14-6-8-3-9(14)5-12-8/h1-2,4,8-9,12H,3,5-6H2/t8-,9-/m0/s1. The van der Waals surface area contributed by atoms with Gasteiger partial charge in [-0.05, 0) is 18.6 Å². The van der Waals surface area contributed by atoms with Crippen molar-refractivity contribution in [2.45, 2.75) is 18.5 Å². The van der Waals surface area contributed by atoms with Crippen LogP contribution >= 0.6 is 11.6 Å². The fraction of sp³-hybridized carbons (Fsp3) is 0.500. The van der Waals surface area contributed by atoms with E-state index in [4.69, 9.17) is 11.6 Å². The van der Waals surface area contributed by atoms with Crippen molar-refractivity contribution in [1.82, 2.24) is 10.3 Å². The second-order valence-corrected chi connectivity index (χ2v) is 4.42. The van der Waals surface area contributed by atoms with Gasteiger partial charge >= 0.3 is 0 Å². The van der Waals surface area contributed by atoms with Gasteiger partial charge in [0, 0.05) is 31.4 Å². The first-order valence-corrected chi connectivity index (χ1v) is 5.32. The fourth-order valence-electron chi connectivity index (χ4n) is 2.38. The van der Waals surface area contributed by atoms with Gasteiger partial charge < -0.3 is 10.2 Å². The van der Waals surface area contributed by atoms with Crippen molar-refractivity contribution < 1.29 is 0 Å². The number of hydrogen-bond donors (Lipinski definition) is 1. The maximum atomic E-state index is 5.80. The van der Waals surface area contributed by atoms with Gasteiger partial charge in [-0.2, -0.15) is 0 Å². The molecule has 3 rings (SSSR count). The van der Waals surface area contributed by atoms with Crippen molar-refractivity contribution in [2.24, 2.45) is 0 Å². The molecule has 4 heteroatoms. The summed E-state index contributed by atoms with van der Waals surface area (Å²) in [4.78, 5) is 6.72. The highest BCUT2D eigenvalue weighted by molar-refractivity contribution is 6.30. The minimum Gasteiger partial charge on any atom is -0.351 e. The molecule has 2 saturated heterocycles. The number of fused-ring (bicyclic) bond motifs is 2. The van der Waals surface area contributed by atoms with Gasteiger partial charge in [0.2, 0.25) is 0 Å². The molecule has 0 amide bonds. The van der Waals surface area contributed by atoms with Crippen LogP contribution in [0.1, 0.15) is 6.42 Å². The van der Waals surface area contributed by atoms with Crippen LogP contribution in [-0.2, 0) is 0 Å². The van der Waals surface area contributed by atoms with Crippen molar-refractivity contribution in [2.75, 3.05) is 18.0 Å². The maximum absolute atomic E-state index is 5.80. The summed E-state index contributed by atoms with van der Waals surface area (Å²) in [5, 5.41) is 4.18. The van der Waals surface area contributed by atoms with E-state index in [0.29, 0.717) is 17.1 Å². The number of nitrogens with zero attached hydrogens (tertiary/aromatic N) is 2. The average molecular weight is 210 g/mol. The lowest BCUT2D eigenvalue weighted by Crippen LogP contribution is -2.43. The van der Waals surface area contributed by atoms with E-state index < -0.39 is 0 Å². The zero-order chi connectivity index (χ0) is 9.54. The molecule has 2 aliphatic rings. The molecular weight excluding hydrogens is 198 g/mol. The largest absolute Gasteiger partial charge is 0.351 e. The molecule has 3 nitrogen and oxygen atoms in total. The highest BCUT2D eigenvalue weighted by Crippen LogP contribution is 2.28. The molecule has 0 radical (unpaired) electrons. The Kier molecular flexibility index (Phi) is 1.89. The molecule has 1 N–H and O–H groups in total. The summed E-state index contributed by atoms with van der Waals surface area (Å²) in [7, 11) is 0. The summed E-state index contributed by atoms with van der Waals surface area (Å²) in [6.07, 6.45) is 2.97. The van der Waals surface area contributed by atoms with Crippen molar-refractivity contribution in [3.05, 3.63) is 23.4 Å². The number of halogens is 1. The molecule has 14 heavy (non-hydrogen) atoms. The van der Waals surface area contributed by atoms with Gasteiger partial charge in [0.1, 0.15) is 5.82 Å². The Morgan fingerprint density at radius 3 is 3.00 bits per heavy atom. The van der Waals surface area contributed by atoms with Gasteiger partial charge in [-0.3, -0.25) is 0 Å². The lowest BCUT2D eigenvalue weighted by molar-refractivity contribution is 0.576. The van der Waals surface area contributed by atoms with Crippen molar-refractivity contribution >= 4 is 17.4 Å². The summed E-state index contributed by atoms with van der Waals surface area (Å²) in [5.41, 5.74) is 0. The van der Waals surface area contributed by atoms with Gasteiger partial charge in [-0.25, -0.2) is 4.98 Å². The van der Waals surface area contributed by atoms with Crippen LogP contribution < -0.4 is 10.2 Å². The monoisotopic (exact) mass is 209 g/mol. The number of hydrogen-bond acceptors (Lipinski definition) is 3. The third-order valence-corrected chi connectivity index (χ3v) is 3.29. The summed E-state index contributed by atoms with van der Waals surface area (Å²) in [5.74, 6) is 1.06. The molecule has 0 aliphatic carbocycles. The second-order valence-electron chi connectivity index (χ2n) is 3.98. The average Bonchev–Trinajstić information content (AvgIpc) is 2.80. The molecule has 2 bridgehead atoms. The van der Waals surface area contributed by atoms with E-state index in [9.17, 15) is 0 Å². The predicted octanol–water partition coefficient (Wildman–Crippen LogP) is 1.29. The third kappa shape index (κ3) is 1.28. The summed E-state index contributed by atoms with van der Waals surface area (Å²) in [6.45, 7) is 2.17. The van der Waals surface area contributed by atoms with Crippen molar-refractivity contribution in [3.8, 4) is 0 Å². The number of pyridine rings is 1. The first kappa shape index (κ1) is 8.50. The lowest BCUT2D eigenvalue weighted by Gasteiger charge is -2.28. The van der Waals surface area contributed by atoms with Crippen LogP contribution in [-0.4, -0.2) is 30.2 Å². The van der Waals surface area contributed by atoms with Gasteiger partial charge in [0.05, 0.1) is 5.02 Å². The zero-order valence-corrected chi connectivity index (χ0v) is 8.54. The number of rotatable bonds is 1. The van der Waals surface area contributed by atoms with E-state index >= 15 is 0 Å². The van der Waals surface area contributed by atoms with E-state index in [1.54, 1.807) is 6.20 Å². The summed E-state index contributed by atoms with van der Waals surface area (Å²) >= 11 is 5.80. The Morgan fingerprint density at radius 2 is 2.43 bits per heavy atom. The van der Waals surface area contributed by atoms with E-state index in [-0.39, 0.29) is 0 Å². The Balaban J connectivity index is 1.86. The Morgan fingerprint density at radius 1 is 1.50 bits per heavy atom. The highest BCUT2D eigenvalue weighted by Gasteiger charge is 2.37. The molecule has 0 spiro atoms. The topological polar surface area (TPSA) is 28.2 Å². The Hall–Kier alpha value is -0.800. The van der Waals surface area contributed by atoms with Crippen LogP contribution in [0.4, 0.5) is 5.82 Å². The highest BCUT2D eigenvalue weighted by atomic mass is 35.5. The first-order valence-electron chi connectivity index (χ1n) is 4.94. The molecule has 1 aromatic rings. The predicted molar refractivity (Wildman–Crippen MR) is 56.8 cm³/mol. The third-order valence-electron chi connectivity index (χ3n) is 3.06. The molecule has 0 unspecified atom stereocenters. The maximum Gasteiger partial charge on any atom is 0.128 e. The minimum atomic E-state index is 0.633. The molecule has 0 aromatic carbocycles. The van der Waals surface area contributed by atoms with E-state index in [1.165, 1.54) is 6.42 Å². The molecular formula is C10H12ClN3. The van der Waals surface area contributed by atoms with E-state index in [1.807, 2.05) is 12.1 Å². The number of anilines is 1. The Labute approximate surface area is 88.1 Å². The smallest absolute Gasteiger partial charge is 0.128 e. The van der Waals surface area contributed by atoms with Gasteiger partial charge in [-0.15, -0.1) is 0 Å². The molecule has 0 saturated carbocycles. The van der Waals surface area contributed by atoms with Gasteiger partial charge in [-0.1, -0.05) is 11.6 Å². The van der Waals surface area contributed by atoms with Crippen LogP contribution in [0, 0.1) is 0 Å². The molecule has 2 aliphatic heterocycles. The van der Waals surface area contributed by atoms with Crippen LogP contribution in [0.25, 0.3) is 0 Å². The normalized spacial score (nSPS) is 29.9. The molecule has 74 valence electrons. The Bertz CT molecular complexity index is 338. The molecule has 2 atom stereocenters. The number of nitrogens with one attached hydrogen (secondary N) is 1.